The minimum atomic E-state index is 0.928. The first-order valence-electron chi connectivity index (χ1n) is 11.8. The molecule has 0 amide bonds. The van der Waals surface area contributed by atoms with Gasteiger partial charge in [0, 0.05) is 56.8 Å². The summed E-state index contributed by atoms with van der Waals surface area (Å²) in [6.07, 6.45) is 0. The summed E-state index contributed by atoms with van der Waals surface area (Å²) in [6, 6.07) is 30.0. The molecule has 0 fully saturated rings. The summed E-state index contributed by atoms with van der Waals surface area (Å²) in [5.41, 5.74) is 6.96. The molecule has 0 radical (unpaired) electrons. The normalized spacial score (nSPS) is 11.0. The van der Waals surface area contributed by atoms with E-state index in [2.05, 4.69) is 132 Å². The fraction of sp³-hybridized carbons (Fsp3) is 0.125. The molecule has 2 nitrogen and oxygen atoms in total. The van der Waals surface area contributed by atoms with Crippen molar-refractivity contribution in [3.05, 3.63) is 96.1 Å². The van der Waals surface area contributed by atoms with Crippen LogP contribution in [0.15, 0.2) is 84.9 Å². The molecule has 0 bridgehead atoms. The number of hydrogen-bond acceptors (Lipinski definition) is 0. The number of aromatic nitrogens is 2. The topological polar surface area (TPSA) is 9.86 Å². The van der Waals surface area contributed by atoms with Crippen molar-refractivity contribution in [2.75, 3.05) is 0 Å². The molecular weight excluding hydrogens is 412 g/mol. The first-order valence-corrected chi connectivity index (χ1v) is 11.8. The molecular formula is C32H24N2. The maximum Gasteiger partial charge on any atom is 0.0503 e. The van der Waals surface area contributed by atoms with Crippen molar-refractivity contribution in [1.29, 1.82) is 0 Å². The van der Waals surface area contributed by atoms with E-state index in [1.807, 2.05) is 0 Å². The van der Waals surface area contributed by atoms with Gasteiger partial charge < -0.3 is 9.13 Å². The fourth-order valence-electron chi connectivity index (χ4n) is 5.14. The van der Waals surface area contributed by atoms with Crippen LogP contribution in [0.4, 0.5) is 0 Å². The van der Waals surface area contributed by atoms with Gasteiger partial charge in [-0.15, -0.1) is 0 Å². The van der Waals surface area contributed by atoms with Gasteiger partial charge in [0.15, 0.2) is 0 Å². The highest BCUT2D eigenvalue weighted by Crippen LogP contribution is 2.30. The van der Waals surface area contributed by atoms with Gasteiger partial charge in [-0.2, -0.15) is 0 Å². The zero-order chi connectivity index (χ0) is 23.1. The largest absolute Gasteiger partial charge is 0.341 e. The van der Waals surface area contributed by atoms with Gasteiger partial charge in [-0.3, -0.25) is 0 Å². The van der Waals surface area contributed by atoms with E-state index in [9.17, 15) is 0 Å². The van der Waals surface area contributed by atoms with E-state index in [4.69, 9.17) is 0 Å². The summed E-state index contributed by atoms with van der Waals surface area (Å²) in [5, 5.41) is 5.12. The Morgan fingerprint density at radius 1 is 0.500 bits per heavy atom. The van der Waals surface area contributed by atoms with Gasteiger partial charge >= 0.3 is 0 Å². The Hall–Kier alpha value is -4.40. The van der Waals surface area contributed by atoms with Gasteiger partial charge in [-0.25, -0.2) is 0 Å². The minimum absolute atomic E-state index is 0.928. The van der Waals surface area contributed by atoms with Crippen molar-refractivity contribution < 1.29 is 0 Å². The van der Waals surface area contributed by atoms with E-state index in [0.717, 1.165) is 24.2 Å². The summed E-state index contributed by atoms with van der Waals surface area (Å²) >= 11 is 0. The van der Waals surface area contributed by atoms with Crippen LogP contribution in [0.2, 0.25) is 0 Å². The summed E-state index contributed by atoms with van der Waals surface area (Å²) < 4.78 is 4.70. The molecule has 34 heavy (non-hydrogen) atoms. The SMILES string of the molecule is CCn1c2ccccc2c2ccc(C#CC#Cc3ccc4c5ccccc5n(CC)c4c3)cc21. The molecule has 2 aromatic heterocycles. The number of rotatable bonds is 2. The molecule has 0 atom stereocenters. The van der Waals surface area contributed by atoms with E-state index >= 15 is 0 Å². The fourth-order valence-corrected chi connectivity index (χ4v) is 5.14. The van der Waals surface area contributed by atoms with Crippen molar-refractivity contribution in [3.63, 3.8) is 0 Å². The van der Waals surface area contributed by atoms with Crippen LogP contribution < -0.4 is 0 Å². The van der Waals surface area contributed by atoms with Gasteiger partial charge in [-0.1, -0.05) is 60.4 Å². The molecule has 162 valence electrons. The van der Waals surface area contributed by atoms with Crippen molar-refractivity contribution in [1.82, 2.24) is 9.13 Å². The van der Waals surface area contributed by atoms with Gasteiger partial charge in [-0.05, 0) is 62.1 Å². The number of para-hydroxylation sites is 2. The third-order valence-electron chi connectivity index (χ3n) is 6.66. The van der Waals surface area contributed by atoms with Gasteiger partial charge in [0.05, 0.1) is 11.0 Å². The molecule has 0 spiro atoms. The highest BCUT2D eigenvalue weighted by atomic mass is 15.0. The Bertz CT molecular complexity index is 1700. The van der Waals surface area contributed by atoms with E-state index in [1.54, 1.807) is 0 Å². The first-order chi connectivity index (χ1) is 16.8. The summed E-state index contributed by atoms with van der Waals surface area (Å²) in [7, 11) is 0. The van der Waals surface area contributed by atoms with Crippen molar-refractivity contribution in [2.24, 2.45) is 0 Å². The van der Waals surface area contributed by atoms with Crippen LogP contribution in [0.3, 0.4) is 0 Å². The first kappa shape index (κ1) is 20.2. The summed E-state index contributed by atoms with van der Waals surface area (Å²) in [5.74, 6) is 12.6. The Morgan fingerprint density at radius 3 is 1.35 bits per heavy atom. The number of benzene rings is 4. The summed E-state index contributed by atoms with van der Waals surface area (Å²) in [4.78, 5) is 0. The smallest absolute Gasteiger partial charge is 0.0503 e. The Balaban J connectivity index is 1.36. The standard InChI is InChI=1S/C32H24N2/c1-3-33-29-15-9-7-13-25(29)27-19-17-23(21-31(27)33)11-5-6-12-24-18-20-28-26-14-8-10-16-30(26)34(4-2)32(28)22-24/h7-10,13-22H,3-4H2,1-2H3. The Kier molecular flexibility index (Phi) is 4.87. The number of hydrogen-bond donors (Lipinski definition) is 0. The van der Waals surface area contributed by atoms with Crippen molar-refractivity contribution in [3.8, 4) is 23.7 Å². The molecule has 4 aromatic carbocycles. The molecule has 6 rings (SSSR count). The zero-order valence-corrected chi connectivity index (χ0v) is 19.4. The average Bonchev–Trinajstić information content (AvgIpc) is 3.38. The van der Waals surface area contributed by atoms with E-state index in [1.165, 1.54) is 43.6 Å². The number of fused-ring (bicyclic) bond motifs is 6. The molecule has 0 saturated heterocycles. The molecule has 0 N–H and O–H groups in total. The monoisotopic (exact) mass is 436 g/mol. The molecule has 0 saturated carbocycles. The molecule has 6 aromatic rings. The highest BCUT2D eigenvalue weighted by molar-refractivity contribution is 6.09. The van der Waals surface area contributed by atoms with Crippen molar-refractivity contribution in [2.45, 2.75) is 26.9 Å². The second kappa shape index (κ2) is 8.18. The third kappa shape index (κ3) is 3.16. The van der Waals surface area contributed by atoms with Crippen LogP contribution >= 0.6 is 0 Å². The minimum Gasteiger partial charge on any atom is -0.341 e. The van der Waals surface area contributed by atoms with Crippen LogP contribution in [-0.4, -0.2) is 9.13 Å². The van der Waals surface area contributed by atoms with E-state index in [0.29, 0.717) is 0 Å². The molecule has 0 aliphatic carbocycles. The number of aryl methyl sites for hydroxylation is 2. The third-order valence-corrected chi connectivity index (χ3v) is 6.66. The molecule has 0 unspecified atom stereocenters. The average molecular weight is 437 g/mol. The van der Waals surface area contributed by atoms with E-state index < -0.39 is 0 Å². The van der Waals surface area contributed by atoms with Gasteiger partial charge in [0.25, 0.3) is 0 Å². The van der Waals surface area contributed by atoms with Crippen LogP contribution in [0.1, 0.15) is 25.0 Å². The maximum atomic E-state index is 3.24. The Morgan fingerprint density at radius 2 is 0.912 bits per heavy atom. The lowest BCUT2D eigenvalue weighted by Crippen LogP contribution is -1.93. The van der Waals surface area contributed by atoms with Crippen LogP contribution in [0.5, 0.6) is 0 Å². The predicted octanol–water partition coefficient (Wildman–Crippen LogP) is 7.35. The highest BCUT2D eigenvalue weighted by Gasteiger charge is 2.10. The Labute approximate surface area is 199 Å². The predicted molar refractivity (Wildman–Crippen MR) is 144 cm³/mol. The van der Waals surface area contributed by atoms with Crippen molar-refractivity contribution >= 4 is 43.6 Å². The summed E-state index contributed by atoms with van der Waals surface area (Å²) in [6.45, 7) is 6.23. The quantitative estimate of drug-likeness (QED) is 0.251. The lowest BCUT2D eigenvalue weighted by Gasteiger charge is -2.02. The second-order valence-electron chi connectivity index (χ2n) is 8.49. The molecule has 0 aliphatic heterocycles. The van der Waals surface area contributed by atoms with Gasteiger partial charge in [0.2, 0.25) is 0 Å². The zero-order valence-electron chi connectivity index (χ0n) is 19.4. The van der Waals surface area contributed by atoms with Crippen LogP contribution in [0.25, 0.3) is 43.6 Å². The van der Waals surface area contributed by atoms with E-state index in [-0.39, 0.29) is 0 Å². The van der Waals surface area contributed by atoms with Crippen LogP contribution in [0, 0.1) is 23.7 Å². The van der Waals surface area contributed by atoms with Crippen LogP contribution in [-0.2, 0) is 13.1 Å². The van der Waals surface area contributed by atoms with Gasteiger partial charge in [0.1, 0.15) is 0 Å². The lowest BCUT2D eigenvalue weighted by atomic mass is 10.1. The maximum absolute atomic E-state index is 3.24. The number of nitrogens with zero attached hydrogens (tertiary/aromatic N) is 2. The second-order valence-corrected chi connectivity index (χ2v) is 8.49. The molecule has 0 aliphatic rings. The lowest BCUT2D eigenvalue weighted by molar-refractivity contribution is 0.827. The molecule has 2 heterocycles. The molecule has 2 heteroatoms.